The molecule has 0 saturated carbocycles. The second kappa shape index (κ2) is 2.91. The standard InChI is InChI=1S/C5H7N3.CH4/c1-5(6)8-4-2-3-7-8;/h2-4H,1,6H2;1H4. The van der Waals surface area contributed by atoms with Crippen LogP contribution in [0, 0.1) is 0 Å². The summed E-state index contributed by atoms with van der Waals surface area (Å²) in [4.78, 5) is 0. The Bertz CT molecular complexity index is 176. The molecule has 0 atom stereocenters. The van der Waals surface area contributed by atoms with Gasteiger partial charge in [-0.25, -0.2) is 4.68 Å². The molecule has 9 heavy (non-hydrogen) atoms. The first kappa shape index (κ1) is 7.75. The van der Waals surface area contributed by atoms with E-state index in [1.54, 1.807) is 18.5 Å². The fourth-order valence-corrected chi connectivity index (χ4v) is 0.439. The Hall–Kier alpha value is -1.25. The van der Waals surface area contributed by atoms with Crippen LogP contribution in [-0.2, 0) is 0 Å². The van der Waals surface area contributed by atoms with Crippen molar-refractivity contribution in [2.24, 2.45) is 5.73 Å². The van der Waals surface area contributed by atoms with E-state index in [1.807, 2.05) is 0 Å². The summed E-state index contributed by atoms with van der Waals surface area (Å²) in [6, 6.07) is 1.79. The molecule has 50 valence electrons. The highest BCUT2D eigenvalue weighted by molar-refractivity contribution is 5.33. The third-order valence-electron chi connectivity index (χ3n) is 0.799. The van der Waals surface area contributed by atoms with E-state index < -0.39 is 0 Å². The summed E-state index contributed by atoms with van der Waals surface area (Å²) in [7, 11) is 0. The molecule has 0 spiro atoms. The highest BCUT2D eigenvalue weighted by Crippen LogP contribution is 1.87. The zero-order valence-corrected chi connectivity index (χ0v) is 4.41. The van der Waals surface area contributed by atoms with Crippen molar-refractivity contribution in [3.63, 3.8) is 0 Å². The van der Waals surface area contributed by atoms with Gasteiger partial charge in [-0.3, -0.25) is 0 Å². The summed E-state index contributed by atoms with van der Waals surface area (Å²) in [5, 5.41) is 3.81. The van der Waals surface area contributed by atoms with Crippen molar-refractivity contribution in [1.29, 1.82) is 0 Å². The first-order valence-corrected chi connectivity index (χ1v) is 2.25. The minimum absolute atomic E-state index is 0. The minimum Gasteiger partial charge on any atom is -0.384 e. The lowest BCUT2D eigenvalue weighted by Gasteiger charge is -1.93. The molecule has 0 unspecified atom stereocenters. The topological polar surface area (TPSA) is 43.8 Å². The summed E-state index contributed by atoms with van der Waals surface area (Å²) in [5.41, 5.74) is 5.26. The maximum atomic E-state index is 5.26. The van der Waals surface area contributed by atoms with Gasteiger partial charge in [0.25, 0.3) is 0 Å². The summed E-state index contributed by atoms with van der Waals surface area (Å²) >= 11 is 0. The number of hydrogen-bond acceptors (Lipinski definition) is 2. The van der Waals surface area contributed by atoms with E-state index in [0.29, 0.717) is 5.82 Å². The van der Waals surface area contributed by atoms with Crippen LogP contribution in [-0.4, -0.2) is 9.78 Å². The summed E-state index contributed by atoms with van der Waals surface area (Å²) in [6.45, 7) is 3.48. The Labute approximate surface area is 54.8 Å². The van der Waals surface area contributed by atoms with E-state index in [4.69, 9.17) is 5.73 Å². The Balaban J connectivity index is 0.000000640. The third kappa shape index (κ3) is 1.60. The molecular formula is C6H11N3. The number of nitrogens with zero attached hydrogens (tertiary/aromatic N) is 2. The molecule has 0 bridgehead atoms. The van der Waals surface area contributed by atoms with Gasteiger partial charge in [0, 0.05) is 12.4 Å². The molecule has 0 saturated heterocycles. The van der Waals surface area contributed by atoms with Gasteiger partial charge in [0.05, 0.1) is 0 Å². The number of nitrogens with two attached hydrogens (primary N) is 1. The summed E-state index contributed by atoms with van der Waals surface area (Å²) in [6.07, 6.45) is 3.39. The van der Waals surface area contributed by atoms with Crippen molar-refractivity contribution in [2.45, 2.75) is 7.43 Å². The maximum Gasteiger partial charge on any atom is 0.117 e. The van der Waals surface area contributed by atoms with Crippen LogP contribution < -0.4 is 5.73 Å². The van der Waals surface area contributed by atoms with E-state index in [2.05, 4.69) is 11.7 Å². The smallest absolute Gasteiger partial charge is 0.117 e. The van der Waals surface area contributed by atoms with Gasteiger partial charge in [-0.1, -0.05) is 14.0 Å². The average molecular weight is 125 g/mol. The van der Waals surface area contributed by atoms with Gasteiger partial charge in [0.2, 0.25) is 0 Å². The fourth-order valence-electron chi connectivity index (χ4n) is 0.439. The van der Waals surface area contributed by atoms with Crippen molar-refractivity contribution in [2.75, 3.05) is 0 Å². The van der Waals surface area contributed by atoms with Gasteiger partial charge in [-0.15, -0.1) is 0 Å². The lowest BCUT2D eigenvalue weighted by Crippen LogP contribution is -2.03. The predicted octanol–water partition coefficient (Wildman–Crippen LogP) is 0.906. The highest BCUT2D eigenvalue weighted by atomic mass is 15.3. The molecular weight excluding hydrogens is 114 g/mol. The zero-order chi connectivity index (χ0) is 5.98. The molecule has 0 aliphatic carbocycles. The molecule has 0 fully saturated rings. The predicted molar refractivity (Wildman–Crippen MR) is 38.5 cm³/mol. The molecule has 3 heteroatoms. The lowest BCUT2D eigenvalue weighted by molar-refractivity contribution is 0.890. The van der Waals surface area contributed by atoms with E-state index >= 15 is 0 Å². The first-order valence-electron chi connectivity index (χ1n) is 2.25. The Kier molecular flexibility index (Phi) is 2.51. The number of rotatable bonds is 1. The molecule has 1 aromatic rings. The van der Waals surface area contributed by atoms with Crippen molar-refractivity contribution in [3.05, 3.63) is 25.0 Å². The monoisotopic (exact) mass is 125 g/mol. The maximum absolute atomic E-state index is 5.26. The van der Waals surface area contributed by atoms with E-state index in [9.17, 15) is 0 Å². The van der Waals surface area contributed by atoms with Crippen LogP contribution in [0.1, 0.15) is 7.43 Å². The molecule has 0 radical (unpaired) electrons. The SMILES string of the molecule is C.C=C(N)n1cccn1. The van der Waals surface area contributed by atoms with Crippen molar-refractivity contribution >= 4 is 5.82 Å². The molecule has 1 aromatic heterocycles. The molecule has 2 N–H and O–H groups in total. The quantitative estimate of drug-likeness (QED) is 0.606. The number of hydrogen-bond donors (Lipinski definition) is 1. The normalized spacial score (nSPS) is 8.00. The van der Waals surface area contributed by atoms with Gasteiger partial charge in [0.1, 0.15) is 5.82 Å². The van der Waals surface area contributed by atoms with Crippen molar-refractivity contribution in [3.8, 4) is 0 Å². The lowest BCUT2D eigenvalue weighted by atomic mass is 10.7. The molecule has 0 aliphatic heterocycles. The van der Waals surface area contributed by atoms with Crippen LogP contribution in [0.3, 0.4) is 0 Å². The Morgan fingerprint density at radius 2 is 2.33 bits per heavy atom. The van der Waals surface area contributed by atoms with Gasteiger partial charge >= 0.3 is 0 Å². The molecule has 0 aliphatic rings. The number of aromatic nitrogens is 2. The van der Waals surface area contributed by atoms with Crippen molar-refractivity contribution < 1.29 is 0 Å². The van der Waals surface area contributed by atoms with Crippen LogP contribution in [0.2, 0.25) is 0 Å². The average Bonchev–Trinajstić information content (AvgIpc) is 2.12. The second-order valence-electron chi connectivity index (χ2n) is 1.44. The highest BCUT2D eigenvalue weighted by Gasteiger charge is 1.84. The van der Waals surface area contributed by atoms with Crippen LogP contribution in [0.25, 0.3) is 5.82 Å². The van der Waals surface area contributed by atoms with E-state index in [0.717, 1.165) is 0 Å². The van der Waals surface area contributed by atoms with Crippen LogP contribution in [0.4, 0.5) is 0 Å². The van der Waals surface area contributed by atoms with Crippen molar-refractivity contribution in [1.82, 2.24) is 9.78 Å². The third-order valence-corrected chi connectivity index (χ3v) is 0.799. The van der Waals surface area contributed by atoms with Gasteiger partial charge in [-0.2, -0.15) is 5.10 Å². The van der Waals surface area contributed by atoms with E-state index in [-0.39, 0.29) is 7.43 Å². The second-order valence-corrected chi connectivity index (χ2v) is 1.44. The van der Waals surface area contributed by atoms with E-state index in [1.165, 1.54) is 4.68 Å². The molecule has 0 amide bonds. The van der Waals surface area contributed by atoms with Gasteiger partial charge in [-0.05, 0) is 6.07 Å². The molecule has 3 nitrogen and oxygen atoms in total. The largest absolute Gasteiger partial charge is 0.384 e. The molecule has 0 aromatic carbocycles. The molecule has 1 rings (SSSR count). The summed E-state index contributed by atoms with van der Waals surface area (Å²) < 4.78 is 1.50. The Morgan fingerprint density at radius 1 is 1.67 bits per heavy atom. The first-order chi connectivity index (χ1) is 3.80. The van der Waals surface area contributed by atoms with Crippen LogP contribution in [0.15, 0.2) is 25.0 Å². The Morgan fingerprint density at radius 3 is 2.56 bits per heavy atom. The van der Waals surface area contributed by atoms with Crippen LogP contribution >= 0.6 is 0 Å². The fraction of sp³-hybridized carbons (Fsp3) is 0.167. The van der Waals surface area contributed by atoms with Gasteiger partial charge in [0.15, 0.2) is 0 Å². The summed E-state index contributed by atoms with van der Waals surface area (Å²) in [5.74, 6) is 0.440. The molecule has 1 heterocycles. The van der Waals surface area contributed by atoms with Gasteiger partial charge < -0.3 is 5.73 Å². The zero-order valence-electron chi connectivity index (χ0n) is 4.41. The minimum atomic E-state index is 0. The van der Waals surface area contributed by atoms with Crippen LogP contribution in [0.5, 0.6) is 0 Å².